The minimum atomic E-state index is 0.544. The van der Waals surface area contributed by atoms with E-state index in [1.165, 1.54) is 0 Å². The fourth-order valence-electron chi connectivity index (χ4n) is 3.51. The van der Waals surface area contributed by atoms with E-state index in [1.807, 2.05) is 49.4 Å². The molecule has 8 heteroatoms. The van der Waals surface area contributed by atoms with Gasteiger partial charge < -0.3 is 11.1 Å². The van der Waals surface area contributed by atoms with Crippen LogP contribution in [0.15, 0.2) is 66.9 Å². The zero-order valence-electron chi connectivity index (χ0n) is 16.9. The van der Waals surface area contributed by atoms with Gasteiger partial charge in [0.15, 0.2) is 0 Å². The molecule has 152 valence electrons. The number of benzene rings is 2. The largest absolute Gasteiger partial charge is 0.396 e. The first-order valence-electron chi connectivity index (χ1n) is 9.87. The molecule has 0 aliphatic rings. The van der Waals surface area contributed by atoms with Crippen LogP contribution in [0.25, 0.3) is 33.5 Å². The van der Waals surface area contributed by atoms with Gasteiger partial charge in [-0.3, -0.25) is 0 Å². The van der Waals surface area contributed by atoms with Crippen molar-refractivity contribution >= 4 is 22.4 Å². The molecule has 31 heavy (non-hydrogen) atoms. The summed E-state index contributed by atoms with van der Waals surface area (Å²) in [7, 11) is 0. The van der Waals surface area contributed by atoms with Gasteiger partial charge in [0.05, 0.1) is 16.9 Å². The lowest BCUT2D eigenvalue weighted by Crippen LogP contribution is -2.05. The minimum absolute atomic E-state index is 0.544. The molecule has 0 aliphatic heterocycles. The van der Waals surface area contributed by atoms with Crippen LogP contribution in [-0.4, -0.2) is 30.6 Å². The van der Waals surface area contributed by atoms with Gasteiger partial charge in [-0.1, -0.05) is 36.4 Å². The summed E-state index contributed by atoms with van der Waals surface area (Å²) in [5.41, 5.74) is 12.5. The second-order valence-electron chi connectivity index (χ2n) is 7.25. The van der Waals surface area contributed by atoms with E-state index < -0.39 is 0 Å². The van der Waals surface area contributed by atoms with Crippen molar-refractivity contribution in [1.29, 1.82) is 0 Å². The average Bonchev–Trinajstić information content (AvgIpc) is 3.34. The molecular formula is C23H20N8. The van der Waals surface area contributed by atoms with Crippen molar-refractivity contribution in [1.82, 2.24) is 30.6 Å². The molecule has 0 radical (unpaired) electrons. The highest BCUT2D eigenvalue weighted by atomic mass is 15.5. The predicted octanol–water partition coefficient (Wildman–Crippen LogP) is 3.98. The van der Waals surface area contributed by atoms with Crippen LogP contribution >= 0.6 is 0 Å². The van der Waals surface area contributed by atoms with Crippen molar-refractivity contribution in [3.63, 3.8) is 0 Å². The Morgan fingerprint density at radius 3 is 2.71 bits per heavy atom. The zero-order valence-corrected chi connectivity index (χ0v) is 16.9. The number of hydrogen-bond donors (Lipinski definition) is 3. The molecule has 8 nitrogen and oxygen atoms in total. The molecule has 3 aromatic heterocycles. The van der Waals surface area contributed by atoms with Gasteiger partial charge in [-0.25, -0.2) is 9.97 Å². The summed E-state index contributed by atoms with van der Waals surface area (Å²) in [5, 5.41) is 18.8. The number of hydrogen-bond acceptors (Lipinski definition) is 7. The van der Waals surface area contributed by atoms with E-state index in [1.54, 1.807) is 6.20 Å². The molecule has 0 bridgehead atoms. The van der Waals surface area contributed by atoms with Gasteiger partial charge in [-0.15, -0.1) is 10.2 Å². The number of pyridine rings is 2. The molecule has 4 N–H and O–H groups in total. The highest BCUT2D eigenvalue weighted by Crippen LogP contribution is 2.30. The van der Waals surface area contributed by atoms with Gasteiger partial charge in [-0.05, 0) is 47.5 Å². The molecule has 2 aromatic carbocycles. The number of aromatic amines is 1. The average molecular weight is 408 g/mol. The summed E-state index contributed by atoms with van der Waals surface area (Å²) in [5.74, 6) is 1.24. The monoisotopic (exact) mass is 408 g/mol. The SMILES string of the molecule is Cc1ccnc(NCc2ccc3nc(-c4ccccc4-c4nn[nH]n4)ccc3c2)c1N. The zero-order chi connectivity index (χ0) is 21.2. The normalized spacial score (nSPS) is 11.0. The second kappa shape index (κ2) is 7.83. The second-order valence-corrected chi connectivity index (χ2v) is 7.25. The number of fused-ring (bicyclic) bond motifs is 1. The quantitative estimate of drug-likeness (QED) is 0.402. The molecule has 5 rings (SSSR count). The maximum absolute atomic E-state index is 6.11. The Labute approximate surface area is 178 Å². The third-order valence-corrected chi connectivity index (χ3v) is 5.21. The van der Waals surface area contributed by atoms with Crippen LogP contribution in [0.4, 0.5) is 11.5 Å². The number of H-pyrrole nitrogens is 1. The number of tetrazole rings is 1. The third-order valence-electron chi connectivity index (χ3n) is 5.21. The maximum atomic E-state index is 6.11. The minimum Gasteiger partial charge on any atom is -0.396 e. The number of aromatic nitrogens is 6. The molecule has 0 saturated carbocycles. The van der Waals surface area contributed by atoms with Crippen molar-refractivity contribution in [2.75, 3.05) is 11.1 Å². The number of rotatable bonds is 5. The Kier molecular flexibility index (Phi) is 4.72. The summed E-state index contributed by atoms with van der Waals surface area (Å²) < 4.78 is 0. The van der Waals surface area contributed by atoms with Crippen LogP contribution in [0, 0.1) is 6.92 Å². The van der Waals surface area contributed by atoms with Gasteiger partial charge >= 0.3 is 0 Å². The number of aryl methyl sites for hydroxylation is 1. The summed E-state index contributed by atoms with van der Waals surface area (Å²) in [6.45, 7) is 2.59. The van der Waals surface area contributed by atoms with Crippen molar-refractivity contribution in [3.8, 4) is 22.6 Å². The number of nitrogens with one attached hydrogen (secondary N) is 2. The van der Waals surface area contributed by atoms with E-state index >= 15 is 0 Å². The van der Waals surface area contributed by atoms with Crippen LogP contribution < -0.4 is 11.1 Å². The van der Waals surface area contributed by atoms with Crippen LogP contribution in [-0.2, 0) is 6.54 Å². The van der Waals surface area contributed by atoms with Crippen molar-refractivity contribution in [2.24, 2.45) is 0 Å². The van der Waals surface area contributed by atoms with Crippen molar-refractivity contribution in [3.05, 3.63) is 78.0 Å². The van der Waals surface area contributed by atoms with E-state index in [4.69, 9.17) is 10.7 Å². The summed E-state index contributed by atoms with van der Waals surface area (Å²) >= 11 is 0. The smallest absolute Gasteiger partial charge is 0.205 e. The molecule has 0 amide bonds. The molecule has 0 saturated heterocycles. The number of nitrogens with two attached hydrogens (primary N) is 1. The van der Waals surface area contributed by atoms with E-state index in [2.05, 4.69) is 49.1 Å². The van der Waals surface area contributed by atoms with Crippen LogP contribution in [0.5, 0.6) is 0 Å². The molecule has 0 spiro atoms. The molecule has 5 aromatic rings. The Morgan fingerprint density at radius 2 is 1.87 bits per heavy atom. The van der Waals surface area contributed by atoms with Gasteiger partial charge in [0.25, 0.3) is 0 Å². The number of nitrogens with zero attached hydrogens (tertiary/aromatic N) is 5. The Bertz CT molecular complexity index is 1360. The molecular weight excluding hydrogens is 388 g/mol. The van der Waals surface area contributed by atoms with Gasteiger partial charge in [-0.2, -0.15) is 5.21 Å². The Morgan fingerprint density at radius 1 is 1.00 bits per heavy atom. The highest BCUT2D eigenvalue weighted by Gasteiger charge is 2.12. The summed E-state index contributed by atoms with van der Waals surface area (Å²) in [6.07, 6.45) is 1.76. The lowest BCUT2D eigenvalue weighted by Gasteiger charge is -2.11. The van der Waals surface area contributed by atoms with E-state index in [-0.39, 0.29) is 0 Å². The Hall–Kier alpha value is -4.33. The molecule has 0 fully saturated rings. The summed E-state index contributed by atoms with van der Waals surface area (Å²) in [6, 6.07) is 20.1. The molecule has 0 aliphatic carbocycles. The predicted molar refractivity (Wildman–Crippen MR) is 121 cm³/mol. The van der Waals surface area contributed by atoms with E-state index in [0.717, 1.165) is 38.9 Å². The van der Waals surface area contributed by atoms with Gasteiger partial charge in [0.2, 0.25) is 5.82 Å². The maximum Gasteiger partial charge on any atom is 0.205 e. The van der Waals surface area contributed by atoms with Crippen LogP contribution in [0.3, 0.4) is 0 Å². The Balaban J connectivity index is 1.43. The van der Waals surface area contributed by atoms with Crippen molar-refractivity contribution < 1.29 is 0 Å². The lowest BCUT2D eigenvalue weighted by molar-refractivity contribution is 0.881. The number of anilines is 2. The topological polar surface area (TPSA) is 118 Å². The fraction of sp³-hybridized carbons (Fsp3) is 0.0870. The molecule has 0 atom stereocenters. The van der Waals surface area contributed by atoms with Crippen LogP contribution in [0.1, 0.15) is 11.1 Å². The van der Waals surface area contributed by atoms with E-state index in [0.29, 0.717) is 23.9 Å². The van der Waals surface area contributed by atoms with E-state index in [9.17, 15) is 0 Å². The molecule has 0 unspecified atom stereocenters. The first-order valence-corrected chi connectivity index (χ1v) is 9.87. The van der Waals surface area contributed by atoms with Crippen LogP contribution in [0.2, 0.25) is 0 Å². The van der Waals surface area contributed by atoms with Crippen molar-refractivity contribution in [2.45, 2.75) is 13.5 Å². The standard InChI is InChI=1S/C23H20N8/c1-14-10-11-25-23(21(14)24)26-13-15-6-8-19-16(12-15)7-9-20(27-19)17-4-2-3-5-18(17)22-28-30-31-29-22/h2-12H,13,24H2,1H3,(H,25,26)(H,28,29,30,31). The summed E-state index contributed by atoms with van der Waals surface area (Å²) in [4.78, 5) is 9.19. The lowest BCUT2D eigenvalue weighted by atomic mass is 10.0. The van der Waals surface area contributed by atoms with Gasteiger partial charge in [0.1, 0.15) is 5.82 Å². The third kappa shape index (κ3) is 3.66. The van der Waals surface area contributed by atoms with Gasteiger partial charge in [0, 0.05) is 29.3 Å². The molecule has 3 heterocycles. The first kappa shape index (κ1) is 18.7. The first-order chi connectivity index (χ1) is 15.2. The fourth-order valence-corrected chi connectivity index (χ4v) is 3.51. The number of nitrogen functional groups attached to an aromatic ring is 1. The highest BCUT2D eigenvalue weighted by molar-refractivity contribution is 5.85.